The van der Waals surface area contributed by atoms with Gasteiger partial charge in [-0.1, -0.05) is 23.7 Å². The number of nitrogens with one attached hydrogen (secondary N) is 1. The van der Waals surface area contributed by atoms with Crippen LogP contribution in [-0.4, -0.2) is 25.7 Å². The van der Waals surface area contributed by atoms with Gasteiger partial charge in [0.1, 0.15) is 0 Å². The summed E-state index contributed by atoms with van der Waals surface area (Å²) in [6, 6.07) is 5.88. The molecule has 1 amide bonds. The fourth-order valence-electron chi connectivity index (χ4n) is 2.48. The van der Waals surface area contributed by atoms with Crippen molar-refractivity contribution in [3.8, 4) is 0 Å². The van der Waals surface area contributed by atoms with Gasteiger partial charge in [0.25, 0.3) is 0 Å². The molecular formula is C14H19ClN2O2. The number of carbonyl (C=O) groups is 1. The van der Waals surface area contributed by atoms with Crippen molar-refractivity contribution in [2.45, 2.75) is 31.4 Å². The van der Waals surface area contributed by atoms with Crippen molar-refractivity contribution in [2.75, 3.05) is 13.7 Å². The topological polar surface area (TPSA) is 64.3 Å². The van der Waals surface area contributed by atoms with E-state index in [0.717, 1.165) is 29.0 Å². The minimum Gasteiger partial charge on any atom is -0.380 e. The Morgan fingerprint density at radius 2 is 2.42 bits per heavy atom. The Bertz CT molecular complexity index is 461. The number of rotatable bonds is 5. The molecule has 0 radical (unpaired) electrons. The smallest absolute Gasteiger partial charge is 0.223 e. The summed E-state index contributed by atoms with van der Waals surface area (Å²) >= 11 is 6.15. The monoisotopic (exact) mass is 282 g/mol. The Hall–Kier alpha value is -1.10. The second-order valence-electron chi connectivity index (χ2n) is 4.76. The van der Waals surface area contributed by atoms with E-state index in [1.54, 1.807) is 7.11 Å². The molecular weight excluding hydrogens is 264 g/mol. The number of methoxy groups -OCH3 is 1. The van der Waals surface area contributed by atoms with E-state index in [-0.39, 0.29) is 18.1 Å². The standard InChI is InChI=1S/C14H19ClN2O2/c1-19-9(8-16)7-14(18)17-13-6-5-10-11(13)3-2-4-12(10)15/h2-4,9,13H,5-8,16H2,1H3,(H,17,18). The van der Waals surface area contributed by atoms with Crippen molar-refractivity contribution in [3.05, 3.63) is 34.3 Å². The minimum atomic E-state index is -0.222. The Balaban J connectivity index is 1.99. The first-order chi connectivity index (χ1) is 9.15. The van der Waals surface area contributed by atoms with Crippen molar-refractivity contribution in [1.29, 1.82) is 0 Å². The molecule has 1 aliphatic rings. The van der Waals surface area contributed by atoms with Crippen LogP contribution in [0.5, 0.6) is 0 Å². The molecule has 19 heavy (non-hydrogen) atoms. The van der Waals surface area contributed by atoms with E-state index in [9.17, 15) is 4.79 Å². The number of ether oxygens (including phenoxy) is 1. The predicted molar refractivity (Wildman–Crippen MR) is 75.1 cm³/mol. The molecule has 0 aliphatic heterocycles. The van der Waals surface area contributed by atoms with Crippen LogP contribution in [-0.2, 0) is 16.0 Å². The number of amides is 1. The summed E-state index contributed by atoms with van der Waals surface area (Å²) in [4.78, 5) is 11.9. The highest BCUT2D eigenvalue weighted by molar-refractivity contribution is 6.31. The summed E-state index contributed by atoms with van der Waals surface area (Å²) in [5, 5.41) is 3.81. The lowest BCUT2D eigenvalue weighted by Crippen LogP contribution is -2.33. The van der Waals surface area contributed by atoms with Crippen molar-refractivity contribution < 1.29 is 9.53 Å². The van der Waals surface area contributed by atoms with Crippen LogP contribution >= 0.6 is 11.6 Å². The molecule has 2 unspecified atom stereocenters. The van der Waals surface area contributed by atoms with E-state index >= 15 is 0 Å². The second-order valence-corrected chi connectivity index (χ2v) is 5.17. The molecule has 3 N–H and O–H groups in total. The van der Waals surface area contributed by atoms with Gasteiger partial charge in [-0.3, -0.25) is 4.79 Å². The number of hydrogen-bond donors (Lipinski definition) is 2. The molecule has 2 rings (SSSR count). The van der Waals surface area contributed by atoms with Crippen molar-refractivity contribution in [3.63, 3.8) is 0 Å². The van der Waals surface area contributed by atoms with E-state index in [1.165, 1.54) is 0 Å². The minimum absolute atomic E-state index is 0.0323. The Labute approximate surface area is 118 Å². The van der Waals surface area contributed by atoms with Crippen LogP contribution in [0, 0.1) is 0 Å². The molecule has 2 atom stereocenters. The van der Waals surface area contributed by atoms with Crippen LogP contribution in [0.3, 0.4) is 0 Å². The Kier molecular flexibility index (Phi) is 4.80. The van der Waals surface area contributed by atoms with Gasteiger partial charge in [-0.25, -0.2) is 0 Å². The molecule has 0 bridgehead atoms. The number of nitrogens with two attached hydrogens (primary N) is 1. The number of halogens is 1. The molecule has 1 aliphatic carbocycles. The molecule has 0 saturated heterocycles. The lowest BCUT2D eigenvalue weighted by Gasteiger charge is -2.17. The average Bonchev–Trinajstić information content (AvgIpc) is 2.81. The van der Waals surface area contributed by atoms with E-state index in [4.69, 9.17) is 22.1 Å². The fraction of sp³-hybridized carbons (Fsp3) is 0.500. The zero-order valence-electron chi connectivity index (χ0n) is 11.0. The molecule has 104 valence electrons. The molecule has 0 saturated carbocycles. The van der Waals surface area contributed by atoms with Crippen LogP contribution in [0.1, 0.15) is 30.0 Å². The van der Waals surface area contributed by atoms with Crippen LogP contribution in [0.4, 0.5) is 0 Å². The SMILES string of the molecule is COC(CN)CC(=O)NC1CCc2c(Cl)cccc21. The second kappa shape index (κ2) is 6.37. The highest BCUT2D eigenvalue weighted by atomic mass is 35.5. The Morgan fingerprint density at radius 3 is 3.11 bits per heavy atom. The van der Waals surface area contributed by atoms with Gasteiger partial charge in [-0.05, 0) is 30.0 Å². The normalized spacial score (nSPS) is 19.0. The quantitative estimate of drug-likeness (QED) is 0.866. The van der Waals surface area contributed by atoms with Gasteiger partial charge < -0.3 is 15.8 Å². The maximum atomic E-state index is 11.9. The fourth-order valence-corrected chi connectivity index (χ4v) is 2.76. The van der Waals surface area contributed by atoms with E-state index in [0.29, 0.717) is 13.0 Å². The first-order valence-corrected chi connectivity index (χ1v) is 6.83. The lowest BCUT2D eigenvalue weighted by atomic mass is 10.1. The molecule has 1 aromatic carbocycles. The van der Waals surface area contributed by atoms with Crippen LogP contribution < -0.4 is 11.1 Å². The van der Waals surface area contributed by atoms with Gasteiger partial charge in [0.05, 0.1) is 18.6 Å². The van der Waals surface area contributed by atoms with Gasteiger partial charge in [-0.2, -0.15) is 0 Å². The van der Waals surface area contributed by atoms with Crippen LogP contribution in [0.25, 0.3) is 0 Å². The first kappa shape index (κ1) is 14.3. The molecule has 0 spiro atoms. The summed E-state index contributed by atoms with van der Waals surface area (Å²) in [6.45, 7) is 0.344. The molecule has 0 heterocycles. The summed E-state index contributed by atoms with van der Waals surface area (Å²) in [5.41, 5.74) is 7.79. The number of hydrogen-bond acceptors (Lipinski definition) is 3. The maximum Gasteiger partial charge on any atom is 0.223 e. The summed E-state index contributed by atoms with van der Waals surface area (Å²) in [6.07, 6.45) is 1.87. The largest absolute Gasteiger partial charge is 0.380 e. The third-order valence-electron chi connectivity index (χ3n) is 3.56. The van der Waals surface area contributed by atoms with Crippen molar-refractivity contribution in [1.82, 2.24) is 5.32 Å². The lowest BCUT2D eigenvalue weighted by molar-refractivity contribution is -0.124. The number of carbonyl (C=O) groups excluding carboxylic acids is 1. The van der Waals surface area contributed by atoms with Crippen LogP contribution in [0.15, 0.2) is 18.2 Å². The first-order valence-electron chi connectivity index (χ1n) is 6.45. The average molecular weight is 283 g/mol. The van der Waals surface area contributed by atoms with Gasteiger partial charge in [-0.15, -0.1) is 0 Å². The predicted octanol–water partition coefficient (Wildman–Crippen LogP) is 1.81. The van der Waals surface area contributed by atoms with Gasteiger partial charge in [0, 0.05) is 18.7 Å². The summed E-state index contributed by atoms with van der Waals surface area (Å²) in [7, 11) is 1.56. The summed E-state index contributed by atoms with van der Waals surface area (Å²) in [5.74, 6) is -0.0323. The van der Waals surface area contributed by atoms with Crippen molar-refractivity contribution in [2.24, 2.45) is 5.73 Å². The molecule has 5 heteroatoms. The van der Waals surface area contributed by atoms with Crippen LogP contribution in [0.2, 0.25) is 5.02 Å². The zero-order valence-corrected chi connectivity index (χ0v) is 11.7. The van der Waals surface area contributed by atoms with E-state index < -0.39 is 0 Å². The van der Waals surface area contributed by atoms with E-state index in [2.05, 4.69) is 5.32 Å². The van der Waals surface area contributed by atoms with Gasteiger partial charge >= 0.3 is 0 Å². The van der Waals surface area contributed by atoms with Gasteiger partial charge in [0.2, 0.25) is 5.91 Å². The van der Waals surface area contributed by atoms with Crippen molar-refractivity contribution >= 4 is 17.5 Å². The number of fused-ring (bicyclic) bond motifs is 1. The molecule has 0 aromatic heterocycles. The molecule has 0 fully saturated rings. The Morgan fingerprint density at radius 1 is 1.63 bits per heavy atom. The highest BCUT2D eigenvalue weighted by Crippen LogP contribution is 2.35. The summed E-state index contributed by atoms with van der Waals surface area (Å²) < 4.78 is 5.12. The highest BCUT2D eigenvalue weighted by Gasteiger charge is 2.26. The van der Waals surface area contributed by atoms with E-state index in [1.807, 2.05) is 18.2 Å². The van der Waals surface area contributed by atoms with Gasteiger partial charge in [0.15, 0.2) is 0 Å². The molecule has 4 nitrogen and oxygen atoms in total. The maximum absolute atomic E-state index is 11.9. The number of benzene rings is 1. The zero-order chi connectivity index (χ0) is 13.8. The third-order valence-corrected chi connectivity index (χ3v) is 3.91. The molecule has 1 aromatic rings. The third kappa shape index (κ3) is 3.26.